The molecule has 0 radical (unpaired) electrons. The first-order chi connectivity index (χ1) is 8.15. The summed E-state index contributed by atoms with van der Waals surface area (Å²) in [6.45, 7) is 2.15. The Bertz CT molecular complexity index is 441. The van der Waals surface area contributed by atoms with Crippen molar-refractivity contribution in [3.8, 4) is 11.5 Å². The highest BCUT2D eigenvalue weighted by Crippen LogP contribution is 2.42. The van der Waals surface area contributed by atoms with Gasteiger partial charge in [-0.3, -0.25) is 4.79 Å². The normalized spacial score (nSPS) is 14.7. The maximum absolute atomic E-state index is 11.0. The van der Waals surface area contributed by atoms with E-state index in [-0.39, 0.29) is 6.79 Å². The molecule has 1 unspecified atom stereocenters. The van der Waals surface area contributed by atoms with Gasteiger partial charge in [0.2, 0.25) is 6.79 Å². The Morgan fingerprint density at radius 3 is 2.82 bits per heavy atom. The van der Waals surface area contributed by atoms with Crippen molar-refractivity contribution in [2.24, 2.45) is 0 Å². The van der Waals surface area contributed by atoms with E-state index in [1.165, 1.54) is 0 Å². The van der Waals surface area contributed by atoms with E-state index in [1.54, 1.807) is 20.1 Å². The van der Waals surface area contributed by atoms with Gasteiger partial charge in [0.05, 0.1) is 12.5 Å². The van der Waals surface area contributed by atoms with Crippen LogP contribution in [-0.2, 0) is 16.1 Å². The maximum atomic E-state index is 11.0. The van der Waals surface area contributed by atoms with Crippen LogP contribution in [0.5, 0.6) is 11.5 Å². The van der Waals surface area contributed by atoms with Gasteiger partial charge in [-0.2, -0.15) is 0 Å². The molecule has 1 aliphatic rings. The summed E-state index contributed by atoms with van der Waals surface area (Å²) in [4.78, 5) is 11.0. The van der Waals surface area contributed by atoms with Crippen LogP contribution in [0.15, 0.2) is 12.1 Å². The van der Waals surface area contributed by atoms with E-state index < -0.39 is 11.9 Å². The zero-order chi connectivity index (χ0) is 12.4. The van der Waals surface area contributed by atoms with Crippen molar-refractivity contribution in [3.05, 3.63) is 23.3 Å². The van der Waals surface area contributed by atoms with Crippen LogP contribution in [0.25, 0.3) is 0 Å². The first-order valence-corrected chi connectivity index (χ1v) is 5.28. The third-order valence-electron chi connectivity index (χ3n) is 2.77. The van der Waals surface area contributed by atoms with E-state index in [2.05, 4.69) is 0 Å². The molecule has 1 atom stereocenters. The standard InChI is InChI=1S/C12H14O5/c1-7(12(13)14)9-4-3-8(5-15-2)10-11(9)17-6-16-10/h3-4,7H,5-6H2,1-2H3,(H,13,14). The number of hydrogen-bond acceptors (Lipinski definition) is 4. The molecule has 1 aromatic rings. The number of fused-ring (bicyclic) bond motifs is 1. The van der Waals surface area contributed by atoms with Crippen LogP contribution in [-0.4, -0.2) is 25.0 Å². The lowest BCUT2D eigenvalue weighted by Gasteiger charge is -2.12. The van der Waals surface area contributed by atoms with Crippen molar-refractivity contribution in [3.63, 3.8) is 0 Å². The Labute approximate surface area is 98.9 Å². The molecule has 1 N–H and O–H groups in total. The molecule has 0 saturated heterocycles. The van der Waals surface area contributed by atoms with Gasteiger partial charge in [0, 0.05) is 18.2 Å². The fourth-order valence-corrected chi connectivity index (χ4v) is 1.82. The minimum absolute atomic E-state index is 0.120. The molecule has 0 spiro atoms. The van der Waals surface area contributed by atoms with E-state index in [4.69, 9.17) is 19.3 Å². The average Bonchev–Trinajstić information content (AvgIpc) is 2.78. The summed E-state index contributed by atoms with van der Waals surface area (Å²) >= 11 is 0. The van der Waals surface area contributed by atoms with Crippen molar-refractivity contribution in [2.45, 2.75) is 19.4 Å². The fraction of sp³-hybridized carbons (Fsp3) is 0.417. The first kappa shape index (κ1) is 11.7. The summed E-state index contributed by atoms with van der Waals surface area (Å²) < 4.78 is 15.8. The van der Waals surface area contributed by atoms with Crippen LogP contribution in [0.4, 0.5) is 0 Å². The molecule has 0 aromatic heterocycles. The molecule has 0 amide bonds. The van der Waals surface area contributed by atoms with Gasteiger partial charge >= 0.3 is 5.97 Å². The molecule has 0 bridgehead atoms. The summed E-state index contributed by atoms with van der Waals surface area (Å²) in [6.07, 6.45) is 0. The molecular formula is C12H14O5. The lowest BCUT2D eigenvalue weighted by atomic mass is 9.98. The molecule has 0 saturated carbocycles. The number of methoxy groups -OCH3 is 1. The van der Waals surface area contributed by atoms with Crippen LogP contribution < -0.4 is 9.47 Å². The van der Waals surface area contributed by atoms with Gasteiger partial charge in [-0.15, -0.1) is 0 Å². The quantitative estimate of drug-likeness (QED) is 0.865. The average molecular weight is 238 g/mol. The van der Waals surface area contributed by atoms with Gasteiger partial charge in [-0.25, -0.2) is 0 Å². The van der Waals surface area contributed by atoms with Crippen molar-refractivity contribution < 1.29 is 24.1 Å². The number of carbonyl (C=O) groups is 1. The van der Waals surface area contributed by atoms with E-state index in [9.17, 15) is 4.79 Å². The Hall–Kier alpha value is -1.75. The minimum atomic E-state index is -0.887. The van der Waals surface area contributed by atoms with Gasteiger partial charge in [0.25, 0.3) is 0 Å². The highest BCUT2D eigenvalue weighted by molar-refractivity contribution is 5.77. The summed E-state index contributed by atoms with van der Waals surface area (Å²) in [7, 11) is 1.59. The number of carboxylic acids is 1. The van der Waals surface area contributed by atoms with Gasteiger partial charge in [-0.1, -0.05) is 12.1 Å². The molecule has 2 rings (SSSR count). The van der Waals surface area contributed by atoms with Crippen LogP contribution in [0, 0.1) is 0 Å². The number of aliphatic carboxylic acids is 1. The van der Waals surface area contributed by atoms with Crippen LogP contribution in [0.2, 0.25) is 0 Å². The number of benzene rings is 1. The minimum Gasteiger partial charge on any atom is -0.481 e. The molecule has 5 nitrogen and oxygen atoms in total. The summed E-state index contributed by atoms with van der Waals surface area (Å²) in [5.41, 5.74) is 1.49. The van der Waals surface area contributed by atoms with Gasteiger partial charge in [0.15, 0.2) is 11.5 Å². The number of rotatable bonds is 4. The smallest absolute Gasteiger partial charge is 0.310 e. The lowest BCUT2D eigenvalue weighted by molar-refractivity contribution is -0.138. The third-order valence-corrected chi connectivity index (χ3v) is 2.77. The van der Waals surface area contributed by atoms with Crippen molar-refractivity contribution in [1.29, 1.82) is 0 Å². The summed E-state index contributed by atoms with van der Waals surface area (Å²) in [5.74, 6) is -0.392. The van der Waals surface area contributed by atoms with Crippen LogP contribution >= 0.6 is 0 Å². The van der Waals surface area contributed by atoms with Gasteiger partial charge in [-0.05, 0) is 6.92 Å². The summed E-state index contributed by atoms with van der Waals surface area (Å²) in [5, 5.41) is 9.02. The molecule has 0 aliphatic carbocycles. The van der Waals surface area contributed by atoms with E-state index in [0.29, 0.717) is 23.7 Å². The van der Waals surface area contributed by atoms with Crippen molar-refractivity contribution in [2.75, 3.05) is 13.9 Å². The maximum Gasteiger partial charge on any atom is 0.310 e. The molecule has 1 aliphatic heterocycles. The zero-order valence-electron chi connectivity index (χ0n) is 9.73. The van der Waals surface area contributed by atoms with Crippen LogP contribution in [0.3, 0.4) is 0 Å². The first-order valence-electron chi connectivity index (χ1n) is 5.28. The molecular weight excluding hydrogens is 224 g/mol. The third kappa shape index (κ3) is 2.06. The highest BCUT2D eigenvalue weighted by atomic mass is 16.7. The number of ether oxygens (including phenoxy) is 3. The molecule has 0 fully saturated rings. The molecule has 92 valence electrons. The molecule has 17 heavy (non-hydrogen) atoms. The number of hydrogen-bond donors (Lipinski definition) is 1. The second-order valence-corrected chi connectivity index (χ2v) is 3.87. The molecule has 1 aromatic carbocycles. The Morgan fingerprint density at radius 2 is 2.18 bits per heavy atom. The molecule has 1 heterocycles. The van der Waals surface area contributed by atoms with Crippen molar-refractivity contribution >= 4 is 5.97 Å². The van der Waals surface area contributed by atoms with E-state index in [1.807, 2.05) is 6.07 Å². The Morgan fingerprint density at radius 1 is 1.47 bits per heavy atom. The Kier molecular flexibility index (Phi) is 3.19. The highest BCUT2D eigenvalue weighted by Gasteiger charge is 2.27. The monoisotopic (exact) mass is 238 g/mol. The molecule has 5 heteroatoms. The predicted octanol–water partition coefficient (Wildman–Crippen LogP) is 1.75. The van der Waals surface area contributed by atoms with Crippen molar-refractivity contribution in [1.82, 2.24) is 0 Å². The van der Waals surface area contributed by atoms with Gasteiger partial charge < -0.3 is 19.3 Å². The summed E-state index contributed by atoms with van der Waals surface area (Å²) in [6, 6.07) is 3.56. The van der Waals surface area contributed by atoms with E-state index >= 15 is 0 Å². The second-order valence-electron chi connectivity index (χ2n) is 3.87. The fourth-order valence-electron chi connectivity index (χ4n) is 1.82. The van der Waals surface area contributed by atoms with Crippen LogP contribution in [0.1, 0.15) is 24.0 Å². The SMILES string of the molecule is COCc1ccc(C(C)C(=O)O)c2c1OCO2. The number of carboxylic acid groups (broad SMARTS) is 1. The Balaban J connectivity index is 2.44. The largest absolute Gasteiger partial charge is 0.481 e. The zero-order valence-corrected chi connectivity index (χ0v) is 9.73. The van der Waals surface area contributed by atoms with E-state index in [0.717, 1.165) is 5.56 Å². The lowest BCUT2D eigenvalue weighted by Crippen LogP contribution is -2.08. The topological polar surface area (TPSA) is 65.0 Å². The van der Waals surface area contributed by atoms with Gasteiger partial charge in [0.1, 0.15) is 0 Å². The second kappa shape index (κ2) is 4.63. The predicted molar refractivity (Wildman–Crippen MR) is 59.3 cm³/mol.